The predicted molar refractivity (Wildman–Crippen MR) is 96.0 cm³/mol. The van der Waals surface area contributed by atoms with Crippen molar-refractivity contribution in [1.29, 1.82) is 0 Å². The quantitative estimate of drug-likeness (QED) is 0.787. The summed E-state index contributed by atoms with van der Waals surface area (Å²) in [7, 11) is 0. The van der Waals surface area contributed by atoms with Crippen molar-refractivity contribution in [2.45, 2.75) is 20.4 Å². The molecule has 0 fully saturated rings. The van der Waals surface area contributed by atoms with Crippen LogP contribution in [0.4, 0.5) is 0 Å². The van der Waals surface area contributed by atoms with Crippen LogP contribution in [-0.2, 0) is 6.54 Å². The van der Waals surface area contributed by atoms with Gasteiger partial charge in [-0.1, -0.05) is 17.7 Å². The van der Waals surface area contributed by atoms with Crippen LogP contribution < -0.4 is 9.47 Å². The standard InChI is InChI=1S/C20H20N2O3/c1-3-22(11-14-5-7-18-19(9-14)25-12-24-18)20(23)17-10-15-8-13(2)4-6-16(15)21-17/h4-10,21H,3,11-12H2,1-2H3. The number of rotatable bonds is 4. The molecule has 2 heterocycles. The number of nitrogens with zero attached hydrogens (tertiary/aromatic N) is 1. The molecule has 2 aromatic carbocycles. The lowest BCUT2D eigenvalue weighted by atomic mass is 10.1. The number of amides is 1. The van der Waals surface area contributed by atoms with Crippen molar-refractivity contribution in [2.75, 3.05) is 13.3 Å². The second-order valence-corrected chi connectivity index (χ2v) is 6.28. The normalized spacial score (nSPS) is 12.6. The lowest BCUT2D eigenvalue weighted by Crippen LogP contribution is -2.30. The number of hydrogen-bond donors (Lipinski definition) is 1. The molecule has 3 aromatic rings. The van der Waals surface area contributed by atoms with E-state index in [9.17, 15) is 4.79 Å². The van der Waals surface area contributed by atoms with Crippen molar-refractivity contribution in [1.82, 2.24) is 9.88 Å². The first-order valence-electron chi connectivity index (χ1n) is 8.41. The Labute approximate surface area is 146 Å². The zero-order valence-electron chi connectivity index (χ0n) is 14.3. The van der Waals surface area contributed by atoms with E-state index < -0.39 is 0 Å². The van der Waals surface area contributed by atoms with Gasteiger partial charge in [0.05, 0.1) is 0 Å². The molecule has 0 saturated heterocycles. The summed E-state index contributed by atoms with van der Waals surface area (Å²) in [5.41, 5.74) is 3.79. The number of fused-ring (bicyclic) bond motifs is 2. The Balaban J connectivity index is 1.57. The van der Waals surface area contributed by atoms with Gasteiger partial charge in [0.25, 0.3) is 5.91 Å². The summed E-state index contributed by atoms with van der Waals surface area (Å²) in [6, 6.07) is 13.9. The summed E-state index contributed by atoms with van der Waals surface area (Å²) in [6.07, 6.45) is 0. The molecule has 1 amide bonds. The SMILES string of the molecule is CCN(Cc1ccc2c(c1)OCO2)C(=O)c1cc2cc(C)ccc2[nH]1. The van der Waals surface area contributed by atoms with Gasteiger partial charge in [0.15, 0.2) is 11.5 Å². The Hall–Kier alpha value is -2.95. The van der Waals surface area contributed by atoms with Crippen molar-refractivity contribution in [3.63, 3.8) is 0 Å². The maximum Gasteiger partial charge on any atom is 0.270 e. The number of aryl methyl sites for hydroxylation is 1. The van der Waals surface area contributed by atoms with Gasteiger partial charge in [0, 0.05) is 24.0 Å². The summed E-state index contributed by atoms with van der Waals surface area (Å²) < 4.78 is 10.8. The maximum atomic E-state index is 12.9. The molecule has 25 heavy (non-hydrogen) atoms. The smallest absolute Gasteiger partial charge is 0.270 e. The van der Waals surface area contributed by atoms with Gasteiger partial charge in [-0.2, -0.15) is 0 Å². The van der Waals surface area contributed by atoms with E-state index in [0.717, 1.165) is 28.0 Å². The van der Waals surface area contributed by atoms with Crippen LogP contribution >= 0.6 is 0 Å². The monoisotopic (exact) mass is 336 g/mol. The average Bonchev–Trinajstić information content (AvgIpc) is 3.24. The van der Waals surface area contributed by atoms with E-state index >= 15 is 0 Å². The van der Waals surface area contributed by atoms with Crippen LogP contribution in [0.25, 0.3) is 10.9 Å². The Morgan fingerprint density at radius 1 is 1.12 bits per heavy atom. The van der Waals surface area contributed by atoms with E-state index in [2.05, 4.69) is 11.1 Å². The summed E-state index contributed by atoms with van der Waals surface area (Å²) in [4.78, 5) is 18.0. The van der Waals surface area contributed by atoms with E-state index in [1.165, 1.54) is 5.56 Å². The van der Waals surface area contributed by atoms with Crippen LogP contribution in [0, 0.1) is 6.92 Å². The molecule has 0 radical (unpaired) electrons. The maximum absolute atomic E-state index is 12.9. The number of aromatic nitrogens is 1. The molecule has 1 N–H and O–H groups in total. The highest BCUT2D eigenvalue weighted by Crippen LogP contribution is 2.33. The Bertz CT molecular complexity index is 945. The third-order valence-corrected chi connectivity index (χ3v) is 4.49. The summed E-state index contributed by atoms with van der Waals surface area (Å²) >= 11 is 0. The van der Waals surface area contributed by atoms with Crippen LogP contribution in [0.2, 0.25) is 0 Å². The Morgan fingerprint density at radius 2 is 1.96 bits per heavy atom. The third-order valence-electron chi connectivity index (χ3n) is 4.49. The number of carbonyl (C=O) groups excluding carboxylic acids is 1. The molecule has 0 atom stereocenters. The topological polar surface area (TPSA) is 54.6 Å². The molecular formula is C20H20N2O3. The number of H-pyrrole nitrogens is 1. The van der Waals surface area contributed by atoms with Gasteiger partial charge >= 0.3 is 0 Å². The highest BCUT2D eigenvalue weighted by molar-refractivity contribution is 5.98. The first kappa shape index (κ1) is 15.6. The van der Waals surface area contributed by atoms with Crippen LogP contribution in [0.15, 0.2) is 42.5 Å². The molecule has 1 aliphatic heterocycles. The molecule has 128 valence electrons. The average molecular weight is 336 g/mol. The van der Waals surface area contributed by atoms with Crippen LogP contribution in [-0.4, -0.2) is 29.1 Å². The zero-order valence-corrected chi connectivity index (χ0v) is 14.3. The minimum Gasteiger partial charge on any atom is -0.454 e. The summed E-state index contributed by atoms with van der Waals surface area (Å²) in [5, 5.41) is 1.06. The molecular weight excluding hydrogens is 316 g/mol. The number of hydrogen-bond acceptors (Lipinski definition) is 3. The van der Waals surface area contributed by atoms with E-state index in [4.69, 9.17) is 9.47 Å². The molecule has 0 bridgehead atoms. The van der Waals surface area contributed by atoms with Crippen molar-refractivity contribution in [2.24, 2.45) is 0 Å². The lowest BCUT2D eigenvalue weighted by Gasteiger charge is -2.20. The van der Waals surface area contributed by atoms with Crippen LogP contribution in [0.3, 0.4) is 0 Å². The number of nitrogens with one attached hydrogen (secondary N) is 1. The second kappa shape index (κ2) is 6.16. The fourth-order valence-electron chi connectivity index (χ4n) is 3.12. The number of ether oxygens (including phenoxy) is 2. The molecule has 0 saturated carbocycles. The number of benzene rings is 2. The minimum absolute atomic E-state index is 0.00554. The van der Waals surface area contributed by atoms with E-state index in [1.54, 1.807) is 0 Å². The van der Waals surface area contributed by atoms with E-state index in [1.807, 2.05) is 55.1 Å². The predicted octanol–water partition coefficient (Wildman–Crippen LogP) is 3.87. The number of carbonyl (C=O) groups is 1. The van der Waals surface area contributed by atoms with E-state index in [0.29, 0.717) is 18.8 Å². The fraction of sp³-hybridized carbons (Fsp3) is 0.250. The van der Waals surface area contributed by atoms with Gasteiger partial charge in [-0.3, -0.25) is 4.79 Å². The summed E-state index contributed by atoms with van der Waals surface area (Å²) in [6.45, 7) is 5.44. The van der Waals surface area contributed by atoms with E-state index in [-0.39, 0.29) is 12.7 Å². The second-order valence-electron chi connectivity index (χ2n) is 6.28. The van der Waals surface area contributed by atoms with Crippen molar-refractivity contribution >= 4 is 16.8 Å². The molecule has 0 unspecified atom stereocenters. The minimum atomic E-state index is -0.00554. The molecule has 5 nitrogen and oxygen atoms in total. The van der Waals surface area contributed by atoms with Gasteiger partial charge in [-0.05, 0) is 49.7 Å². The number of aromatic amines is 1. The van der Waals surface area contributed by atoms with Crippen molar-refractivity contribution < 1.29 is 14.3 Å². The first-order chi connectivity index (χ1) is 12.1. The molecule has 5 heteroatoms. The van der Waals surface area contributed by atoms with Gasteiger partial charge in [-0.15, -0.1) is 0 Å². The van der Waals surface area contributed by atoms with Crippen LogP contribution in [0.5, 0.6) is 11.5 Å². The molecule has 4 rings (SSSR count). The Morgan fingerprint density at radius 3 is 2.80 bits per heavy atom. The van der Waals surface area contributed by atoms with Crippen molar-refractivity contribution in [3.05, 3.63) is 59.3 Å². The molecule has 1 aliphatic rings. The molecule has 1 aromatic heterocycles. The van der Waals surface area contributed by atoms with Crippen molar-refractivity contribution in [3.8, 4) is 11.5 Å². The fourth-order valence-corrected chi connectivity index (χ4v) is 3.12. The molecule has 0 aliphatic carbocycles. The highest BCUT2D eigenvalue weighted by atomic mass is 16.7. The van der Waals surface area contributed by atoms with Gasteiger partial charge < -0.3 is 19.4 Å². The zero-order chi connectivity index (χ0) is 17.4. The summed E-state index contributed by atoms with van der Waals surface area (Å²) in [5.74, 6) is 1.49. The van der Waals surface area contributed by atoms with Gasteiger partial charge in [0.1, 0.15) is 5.69 Å². The lowest BCUT2D eigenvalue weighted by molar-refractivity contribution is 0.0747. The van der Waals surface area contributed by atoms with Gasteiger partial charge in [0.2, 0.25) is 6.79 Å². The Kier molecular flexibility index (Phi) is 3.84. The largest absolute Gasteiger partial charge is 0.454 e. The molecule has 0 spiro atoms. The third kappa shape index (κ3) is 2.93. The van der Waals surface area contributed by atoms with Crippen LogP contribution in [0.1, 0.15) is 28.5 Å². The van der Waals surface area contributed by atoms with Gasteiger partial charge in [-0.25, -0.2) is 0 Å². The first-order valence-corrected chi connectivity index (χ1v) is 8.41. The highest BCUT2D eigenvalue weighted by Gasteiger charge is 2.19.